The van der Waals surface area contributed by atoms with Crippen LogP contribution in [0.15, 0.2) is 24.3 Å². The number of carbonyl (C=O) groups is 1. The summed E-state index contributed by atoms with van der Waals surface area (Å²) in [5, 5.41) is 20.8. The largest absolute Gasteiger partial charge is 0.392 e. The summed E-state index contributed by atoms with van der Waals surface area (Å²) in [6.07, 6.45) is 8.90. The van der Waals surface area contributed by atoms with Crippen LogP contribution >= 0.6 is 0 Å². The minimum absolute atomic E-state index is 0.0535. The molecule has 0 aromatic heterocycles. The smallest absolute Gasteiger partial charge is 0.139 e. The first-order valence-corrected chi connectivity index (χ1v) is 10.6. The highest BCUT2D eigenvalue weighted by atomic mass is 16.3. The number of carbonyl (C=O) groups excluding carboxylic acids is 1. The van der Waals surface area contributed by atoms with Crippen molar-refractivity contribution in [1.82, 2.24) is 0 Å². The number of aliphatic hydroxyl groups is 2. The minimum atomic E-state index is -0.570. The fourth-order valence-corrected chi connectivity index (χ4v) is 4.23. The van der Waals surface area contributed by atoms with Crippen molar-refractivity contribution in [2.75, 3.05) is 0 Å². The summed E-state index contributed by atoms with van der Waals surface area (Å²) >= 11 is 0. The molecule has 0 heterocycles. The van der Waals surface area contributed by atoms with Gasteiger partial charge < -0.3 is 10.2 Å². The van der Waals surface area contributed by atoms with Crippen molar-refractivity contribution in [3.05, 3.63) is 35.4 Å². The van der Waals surface area contributed by atoms with E-state index >= 15 is 0 Å². The van der Waals surface area contributed by atoms with Crippen molar-refractivity contribution in [3.63, 3.8) is 0 Å². The highest BCUT2D eigenvalue weighted by Gasteiger charge is 2.41. The Bertz CT molecular complexity index is 537. The Hall–Kier alpha value is -1.19. The molecule has 1 unspecified atom stereocenters. The van der Waals surface area contributed by atoms with Crippen molar-refractivity contribution in [2.24, 2.45) is 5.92 Å². The molecule has 0 radical (unpaired) electrons. The van der Waals surface area contributed by atoms with Gasteiger partial charge in [0.05, 0.1) is 12.2 Å². The highest BCUT2D eigenvalue weighted by molar-refractivity contribution is 5.85. The number of hydrogen-bond acceptors (Lipinski definition) is 3. The van der Waals surface area contributed by atoms with E-state index < -0.39 is 12.2 Å². The Morgan fingerprint density at radius 2 is 1.65 bits per heavy atom. The third kappa shape index (κ3) is 5.65. The normalized spacial score (nSPS) is 24.2. The van der Waals surface area contributed by atoms with E-state index in [0.717, 1.165) is 56.1 Å². The molecule has 1 saturated carbocycles. The number of unbranched alkanes of at least 4 members (excludes halogenated alkanes) is 5. The van der Waals surface area contributed by atoms with Crippen molar-refractivity contribution >= 4 is 5.78 Å². The van der Waals surface area contributed by atoms with Crippen LogP contribution in [0, 0.1) is 5.92 Å². The van der Waals surface area contributed by atoms with Gasteiger partial charge in [0.15, 0.2) is 0 Å². The Labute approximate surface area is 158 Å². The number of hydrogen-bond donors (Lipinski definition) is 2. The molecular formula is C23H36O3. The Morgan fingerprint density at radius 1 is 1.00 bits per heavy atom. The second-order valence-corrected chi connectivity index (χ2v) is 7.90. The number of rotatable bonds is 11. The van der Waals surface area contributed by atoms with E-state index in [9.17, 15) is 15.0 Å². The van der Waals surface area contributed by atoms with Crippen molar-refractivity contribution in [2.45, 2.75) is 96.2 Å². The van der Waals surface area contributed by atoms with Gasteiger partial charge in [-0.2, -0.15) is 0 Å². The first-order valence-electron chi connectivity index (χ1n) is 10.6. The molecule has 2 rings (SSSR count). The molecule has 146 valence electrons. The maximum atomic E-state index is 12.4. The maximum Gasteiger partial charge on any atom is 0.139 e. The lowest BCUT2D eigenvalue weighted by Crippen LogP contribution is -2.18. The molecule has 4 atom stereocenters. The lowest BCUT2D eigenvalue weighted by Gasteiger charge is -2.22. The van der Waals surface area contributed by atoms with Crippen LogP contribution in [0.2, 0.25) is 0 Å². The summed E-state index contributed by atoms with van der Waals surface area (Å²) in [6, 6.07) is 7.94. The van der Waals surface area contributed by atoms with Gasteiger partial charge in [-0.25, -0.2) is 0 Å². The van der Waals surface area contributed by atoms with Crippen LogP contribution in [0.5, 0.6) is 0 Å². The van der Waals surface area contributed by atoms with Crippen LogP contribution < -0.4 is 0 Å². The summed E-state index contributed by atoms with van der Waals surface area (Å²) in [4.78, 5) is 12.4. The first-order chi connectivity index (χ1) is 12.6. The van der Waals surface area contributed by atoms with Gasteiger partial charge in [0.1, 0.15) is 5.78 Å². The van der Waals surface area contributed by atoms with Gasteiger partial charge in [-0.1, -0.05) is 83.1 Å². The molecular weight excluding hydrogens is 324 g/mol. The topological polar surface area (TPSA) is 57.5 Å². The molecule has 1 aliphatic carbocycles. The lowest BCUT2D eigenvalue weighted by molar-refractivity contribution is -0.121. The zero-order chi connectivity index (χ0) is 18.9. The Morgan fingerprint density at radius 3 is 2.31 bits per heavy atom. The second-order valence-electron chi connectivity index (χ2n) is 7.90. The van der Waals surface area contributed by atoms with Crippen LogP contribution in [-0.2, 0) is 4.79 Å². The molecule has 26 heavy (non-hydrogen) atoms. The van der Waals surface area contributed by atoms with Gasteiger partial charge >= 0.3 is 0 Å². The molecule has 0 aliphatic heterocycles. The summed E-state index contributed by atoms with van der Waals surface area (Å²) in [5.74, 6) is 0.0697. The van der Waals surface area contributed by atoms with Gasteiger partial charge in [0.25, 0.3) is 0 Å². The molecule has 0 spiro atoms. The number of ketones is 1. The zero-order valence-electron chi connectivity index (χ0n) is 16.5. The molecule has 1 aliphatic rings. The average molecular weight is 361 g/mol. The van der Waals surface area contributed by atoms with Crippen molar-refractivity contribution in [1.29, 1.82) is 0 Å². The van der Waals surface area contributed by atoms with Crippen molar-refractivity contribution < 1.29 is 15.0 Å². The average Bonchev–Trinajstić information content (AvgIpc) is 2.92. The Balaban J connectivity index is 2.01. The molecule has 0 saturated heterocycles. The Kier molecular flexibility index (Phi) is 8.80. The fraction of sp³-hybridized carbons (Fsp3) is 0.696. The highest BCUT2D eigenvalue weighted by Crippen LogP contribution is 2.40. The van der Waals surface area contributed by atoms with E-state index in [1.165, 1.54) is 12.8 Å². The van der Waals surface area contributed by atoms with Crippen LogP contribution in [0.3, 0.4) is 0 Å². The third-order valence-electron chi connectivity index (χ3n) is 5.83. The molecule has 3 nitrogen and oxygen atoms in total. The molecule has 3 heteroatoms. The van der Waals surface area contributed by atoms with E-state index in [2.05, 4.69) is 13.8 Å². The molecule has 0 amide bonds. The quantitative estimate of drug-likeness (QED) is 0.526. The molecule has 2 N–H and O–H groups in total. The van der Waals surface area contributed by atoms with Gasteiger partial charge in [0, 0.05) is 18.3 Å². The first kappa shape index (κ1) is 21.1. The predicted molar refractivity (Wildman–Crippen MR) is 106 cm³/mol. The van der Waals surface area contributed by atoms with Crippen LogP contribution in [0.4, 0.5) is 0 Å². The summed E-state index contributed by atoms with van der Waals surface area (Å²) in [6.45, 7) is 4.35. The monoisotopic (exact) mass is 360 g/mol. The third-order valence-corrected chi connectivity index (χ3v) is 5.83. The van der Waals surface area contributed by atoms with Gasteiger partial charge in [0.2, 0.25) is 0 Å². The van der Waals surface area contributed by atoms with E-state index in [0.29, 0.717) is 0 Å². The number of Topliss-reactive ketones (excluding diaryl/α,β-unsaturated/α-hetero) is 1. The molecule has 0 bridgehead atoms. The standard InChI is InChI=1S/C23H36O3/c1-3-5-7-9-10-19-21(25)16-22(26)23(19)18-14-12-17(13-15-18)20(24)11-8-6-4-2/h12-15,19-20,22-24,26H,3-11,16H2,1-2H3/t19-,20?,22+,23+/m0/s1. The zero-order valence-corrected chi connectivity index (χ0v) is 16.5. The van der Waals surface area contributed by atoms with Gasteiger partial charge in [-0.05, 0) is 24.0 Å². The molecule has 1 aromatic rings. The second kappa shape index (κ2) is 10.8. The van der Waals surface area contributed by atoms with Crippen molar-refractivity contribution in [3.8, 4) is 0 Å². The van der Waals surface area contributed by atoms with Crippen LogP contribution in [0.25, 0.3) is 0 Å². The van der Waals surface area contributed by atoms with E-state index in [1.807, 2.05) is 24.3 Å². The number of benzene rings is 1. The van der Waals surface area contributed by atoms with E-state index in [1.54, 1.807) is 0 Å². The van der Waals surface area contributed by atoms with Gasteiger partial charge in [-0.15, -0.1) is 0 Å². The summed E-state index contributed by atoms with van der Waals surface area (Å²) in [5.41, 5.74) is 1.97. The minimum Gasteiger partial charge on any atom is -0.392 e. The predicted octanol–water partition coefficient (Wildman–Crippen LogP) is 5.30. The summed E-state index contributed by atoms with van der Waals surface area (Å²) in [7, 11) is 0. The fourth-order valence-electron chi connectivity index (χ4n) is 4.23. The van der Waals surface area contributed by atoms with E-state index in [4.69, 9.17) is 0 Å². The SMILES string of the molecule is CCCCCC[C@H]1C(=O)C[C@@H](O)[C@@H]1c1ccc(C(O)CCCCC)cc1. The molecule has 1 fully saturated rings. The van der Waals surface area contributed by atoms with Crippen LogP contribution in [-0.4, -0.2) is 22.1 Å². The maximum absolute atomic E-state index is 12.4. The molecule has 1 aromatic carbocycles. The summed E-state index contributed by atoms with van der Waals surface area (Å²) < 4.78 is 0. The lowest BCUT2D eigenvalue weighted by atomic mass is 9.83. The van der Waals surface area contributed by atoms with E-state index in [-0.39, 0.29) is 24.0 Å². The van der Waals surface area contributed by atoms with Gasteiger partial charge in [-0.3, -0.25) is 4.79 Å². The van der Waals surface area contributed by atoms with Crippen LogP contribution in [0.1, 0.15) is 101 Å². The number of aliphatic hydroxyl groups excluding tert-OH is 2.